The Morgan fingerprint density at radius 2 is 1.49 bits per heavy atom. The van der Waals surface area contributed by atoms with Crippen molar-refractivity contribution in [1.82, 2.24) is 0 Å². The fourth-order valence-corrected chi connectivity index (χ4v) is 6.15. The van der Waals surface area contributed by atoms with Crippen molar-refractivity contribution in [3.63, 3.8) is 0 Å². The molecule has 13 heteroatoms. The maximum atomic E-state index is 13.5. The maximum Gasteiger partial charge on any atom is 0.490 e. The molecule has 0 aromatic carbocycles. The van der Waals surface area contributed by atoms with Crippen LogP contribution in [0.5, 0.6) is 0 Å². The lowest BCUT2D eigenvalue weighted by molar-refractivity contribution is -0.392. The molecular formula is C22H27F5O8. The van der Waals surface area contributed by atoms with Crippen molar-refractivity contribution >= 4 is 17.9 Å². The highest BCUT2D eigenvalue weighted by atomic mass is 19.4. The highest BCUT2D eigenvalue weighted by Gasteiger charge is 2.68. The molecule has 35 heavy (non-hydrogen) atoms. The number of esters is 3. The molecule has 5 aliphatic rings. The van der Waals surface area contributed by atoms with Gasteiger partial charge in [-0.1, -0.05) is 0 Å². The van der Waals surface area contributed by atoms with Crippen LogP contribution >= 0.6 is 0 Å². The van der Waals surface area contributed by atoms with Gasteiger partial charge in [0.1, 0.15) is 17.6 Å². The van der Waals surface area contributed by atoms with E-state index in [-0.39, 0.29) is 37.2 Å². The van der Waals surface area contributed by atoms with E-state index in [0.29, 0.717) is 26.2 Å². The van der Waals surface area contributed by atoms with Crippen molar-refractivity contribution < 1.29 is 60.0 Å². The number of hydrogen-bond donors (Lipinski definition) is 0. The van der Waals surface area contributed by atoms with Crippen LogP contribution in [0.3, 0.4) is 0 Å². The zero-order chi connectivity index (χ0) is 25.9. The number of ether oxygens (including phenoxy) is 5. The number of carbonyl (C=O) groups excluding carboxylic acids is 3. The molecule has 4 aliphatic carbocycles. The van der Waals surface area contributed by atoms with Crippen molar-refractivity contribution in [2.75, 3.05) is 26.4 Å². The number of halogens is 5. The summed E-state index contributed by atoms with van der Waals surface area (Å²) < 4.78 is 91.7. The lowest BCUT2D eigenvalue weighted by atomic mass is 9.51. The molecule has 4 saturated carbocycles. The van der Waals surface area contributed by atoms with E-state index in [0.717, 1.165) is 0 Å². The van der Waals surface area contributed by atoms with E-state index in [2.05, 4.69) is 4.74 Å². The Morgan fingerprint density at radius 3 is 1.97 bits per heavy atom. The van der Waals surface area contributed by atoms with Crippen molar-refractivity contribution in [1.29, 1.82) is 0 Å². The average molecular weight is 514 g/mol. The monoisotopic (exact) mass is 514 g/mol. The predicted molar refractivity (Wildman–Crippen MR) is 104 cm³/mol. The molecule has 0 amide bonds. The summed E-state index contributed by atoms with van der Waals surface area (Å²) in [6.45, 7) is 0.124. The first-order valence-electron chi connectivity index (χ1n) is 11.5. The van der Waals surface area contributed by atoms with Gasteiger partial charge < -0.3 is 23.7 Å². The molecule has 198 valence electrons. The molecule has 2 atom stereocenters. The van der Waals surface area contributed by atoms with E-state index in [4.69, 9.17) is 18.9 Å². The summed E-state index contributed by atoms with van der Waals surface area (Å²) in [6.07, 6.45) is -3.11. The van der Waals surface area contributed by atoms with Crippen LogP contribution in [-0.2, 0) is 38.1 Å². The summed E-state index contributed by atoms with van der Waals surface area (Å²) in [7, 11) is 0. The second-order valence-corrected chi connectivity index (χ2v) is 10.2. The zero-order valence-electron chi connectivity index (χ0n) is 19.3. The summed E-state index contributed by atoms with van der Waals surface area (Å²) >= 11 is 0. The summed E-state index contributed by atoms with van der Waals surface area (Å²) in [6, 6.07) is 0. The van der Waals surface area contributed by atoms with E-state index in [1.54, 1.807) is 0 Å². The first-order chi connectivity index (χ1) is 16.1. The number of hydrogen-bond acceptors (Lipinski definition) is 8. The number of alkyl halides is 5. The third kappa shape index (κ3) is 4.61. The minimum absolute atomic E-state index is 0.0676. The van der Waals surface area contributed by atoms with Crippen LogP contribution in [0.15, 0.2) is 0 Å². The van der Waals surface area contributed by atoms with Crippen molar-refractivity contribution in [3.8, 4) is 0 Å². The molecule has 1 saturated heterocycles. The smallest absolute Gasteiger partial charge is 0.465 e. The predicted octanol–water partition coefficient (Wildman–Crippen LogP) is 3.16. The van der Waals surface area contributed by atoms with Gasteiger partial charge in [0.2, 0.25) is 0 Å². The fraction of sp³-hybridized carbons (Fsp3) is 0.864. The van der Waals surface area contributed by atoms with Gasteiger partial charge in [-0.05, 0) is 44.9 Å². The van der Waals surface area contributed by atoms with Crippen LogP contribution < -0.4 is 0 Å². The molecule has 5 rings (SSSR count). The van der Waals surface area contributed by atoms with E-state index in [1.165, 1.54) is 6.92 Å². The Balaban J connectivity index is 1.50. The van der Waals surface area contributed by atoms with Gasteiger partial charge in [0.15, 0.2) is 5.79 Å². The molecular weight excluding hydrogens is 487 g/mol. The average Bonchev–Trinajstić information content (AvgIpc) is 2.74. The van der Waals surface area contributed by atoms with Gasteiger partial charge in [-0.15, -0.1) is 0 Å². The van der Waals surface area contributed by atoms with Crippen LogP contribution in [0.1, 0.15) is 46.0 Å². The van der Waals surface area contributed by atoms with Crippen LogP contribution in [0.2, 0.25) is 0 Å². The molecule has 0 aromatic heterocycles. The quantitative estimate of drug-likeness (QED) is 0.303. The summed E-state index contributed by atoms with van der Waals surface area (Å²) in [4.78, 5) is 35.8. The standard InChI is InChI=1S/C22H27F5O8/c1-3-31-16(29)19(9-32-17(30)22(25,26)27)10-33-21(34-11-19)13-4-12-5-14(21)8-20(6-12,7-13)35-15(28)18(2,23)24/h12-14H,3-11H2,1-2H3. The minimum atomic E-state index is -5.24. The third-order valence-electron chi connectivity index (χ3n) is 7.51. The molecule has 1 aliphatic heterocycles. The molecule has 1 spiro atoms. The van der Waals surface area contributed by atoms with Crippen molar-refractivity contribution in [3.05, 3.63) is 0 Å². The van der Waals surface area contributed by atoms with Crippen LogP contribution in [0, 0.1) is 23.2 Å². The second-order valence-electron chi connectivity index (χ2n) is 10.2. The number of carbonyl (C=O) groups is 3. The molecule has 1 heterocycles. The van der Waals surface area contributed by atoms with E-state index >= 15 is 0 Å². The van der Waals surface area contributed by atoms with E-state index < -0.39 is 66.6 Å². The molecule has 8 nitrogen and oxygen atoms in total. The first kappa shape index (κ1) is 26.1. The van der Waals surface area contributed by atoms with Crippen LogP contribution in [0.25, 0.3) is 0 Å². The van der Waals surface area contributed by atoms with Gasteiger partial charge in [0.05, 0.1) is 19.8 Å². The Morgan fingerprint density at radius 1 is 0.914 bits per heavy atom. The van der Waals surface area contributed by atoms with Gasteiger partial charge in [-0.3, -0.25) is 4.79 Å². The summed E-state index contributed by atoms with van der Waals surface area (Å²) in [5, 5.41) is 0. The zero-order valence-corrected chi connectivity index (χ0v) is 19.3. The topological polar surface area (TPSA) is 97.4 Å². The molecule has 5 fully saturated rings. The second kappa shape index (κ2) is 8.53. The van der Waals surface area contributed by atoms with Crippen molar-refractivity contribution in [2.45, 2.75) is 69.4 Å². The van der Waals surface area contributed by atoms with Gasteiger partial charge in [-0.2, -0.15) is 22.0 Å². The maximum absolute atomic E-state index is 13.5. The van der Waals surface area contributed by atoms with Gasteiger partial charge in [0.25, 0.3) is 0 Å². The third-order valence-corrected chi connectivity index (χ3v) is 7.51. The lowest BCUT2D eigenvalue weighted by Crippen LogP contribution is -2.70. The fourth-order valence-electron chi connectivity index (χ4n) is 6.15. The molecule has 4 bridgehead atoms. The van der Waals surface area contributed by atoms with Gasteiger partial charge in [0, 0.05) is 18.8 Å². The van der Waals surface area contributed by atoms with Gasteiger partial charge >= 0.3 is 30.0 Å². The Bertz CT molecular complexity index is 856. The van der Waals surface area contributed by atoms with Crippen molar-refractivity contribution in [2.24, 2.45) is 23.2 Å². The highest BCUT2D eigenvalue weighted by Crippen LogP contribution is 2.64. The largest absolute Gasteiger partial charge is 0.490 e. The molecule has 0 aromatic rings. The molecule has 0 radical (unpaired) electrons. The lowest BCUT2D eigenvalue weighted by Gasteiger charge is -2.64. The van der Waals surface area contributed by atoms with Crippen LogP contribution in [-0.4, -0.2) is 67.8 Å². The Hall–Kier alpha value is -2.02. The van der Waals surface area contributed by atoms with Crippen LogP contribution in [0.4, 0.5) is 22.0 Å². The Kier molecular flexibility index (Phi) is 6.35. The Labute approximate surface area is 197 Å². The van der Waals surface area contributed by atoms with E-state index in [1.807, 2.05) is 0 Å². The molecule has 2 unspecified atom stereocenters. The highest BCUT2D eigenvalue weighted by molar-refractivity contribution is 5.79. The minimum Gasteiger partial charge on any atom is -0.465 e. The van der Waals surface area contributed by atoms with E-state index in [9.17, 15) is 36.3 Å². The summed E-state index contributed by atoms with van der Waals surface area (Å²) in [5.74, 6) is -10.4. The number of rotatable bonds is 6. The summed E-state index contributed by atoms with van der Waals surface area (Å²) in [5.41, 5.74) is -2.87. The first-order valence-corrected chi connectivity index (χ1v) is 11.5. The normalized spacial score (nSPS) is 38.3. The molecule has 0 N–H and O–H groups in total. The van der Waals surface area contributed by atoms with Gasteiger partial charge in [-0.25, -0.2) is 9.59 Å². The SMILES string of the molecule is CCOC(=O)C1(COC(=O)C(F)(F)F)COC2(OC1)C1CC3CC2CC(OC(=O)C(C)(F)F)(C3)C1.